The van der Waals surface area contributed by atoms with Gasteiger partial charge in [-0.05, 0) is 42.7 Å². The fourth-order valence-corrected chi connectivity index (χ4v) is 2.28. The van der Waals surface area contributed by atoms with Crippen LogP contribution < -0.4 is 5.32 Å². The minimum absolute atomic E-state index is 0.160. The molecule has 1 unspecified atom stereocenters. The third-order valence-electron chi connectivity index (χ3n) is 3.27. The molecule has 0 fully saturated rings. The summed E-state index contributed by atoms with van der Waals surface area (Å²) in [4.78, 5) is 12.2. The van der Waals surface area contributed by atoms with Gasteiger partial charge in [-0.2, -0.15) is 0 Å². The molecule has 1 amide bonds. The maximum atomic E-state index is 13.2. The van der Waals surface area contributed by atoms with Crippen molar-refractivity contribution in [2.24, 2.45) is 0 Å². The Hall–Kier alpha value is -1.87. The smallest absolute Gasteiger partial charge is 0.251 e. The van der Waals surface area contributed by atoms with Crippen LogP contribution in [0.5, 0.6) is 0 Å². The number of benzene rings is 2. The SMILES string of the molecule is Cc1cc(C(=O)NC(CCl)Cc2ccccc2)ccc1F. The van der Waals surface area contributed by atoms with Crippen LogP contribution in [0.25, 0.3) is 0 Å². The highest BCUT2D eigenvalue weighted by Gasteiger charge is 2.14. The van der Waals surface area contributed by atoms with Crippen molar-refractivity contribution in [3.8, 4) is 0 Å². The maximum absolute atomic E-state index is 13.2. The average Bonchev–Trinajstić information content (AvgIpc) is 2.50. The van der Waals surface area contributed by atoms with E-state index in [1.807, 2.05) is 30.3 Å². The van der Waals surface area contributed by atoms with Crippen LogP contribution in [0.2, 0.25) is 0 Å². The molecule has 0 saturated carbocycles. The molecule has 110 valence electrons. The van der Waals surface area contributed by atoms with Crippen molar-refractivity contribution in [2.75, 3.05) is 5.88 Å². The first-order valence-corrected chi connectivity index (χ1v) is 7.30. The topological polar surface area (TPSA) is 29.1 Å². The summed E-state index contributed by atoms with van der Waals surface area (Å²) in [6.07, 6.45) is 0.663. The molecule has 2 aromatic carbocycles. The predicted molar refractivity (Wildman–Crippen MR) is 83.3 cm³/mol. The van der Waals surface area contributed by atoms with Gasteiger partial charge in [0, 0.05) is 17.5 Å². The highest BCUT2D eigenvalue weighted by molar-refractivity contribution is 6.18. The summed E-state index contributed by atoms with van der Waals surface area (Å²) in [5, 5.41) is 2.88. The van der Waals surface area contributed by atoms with Gasteiger partial charge >= 0.3 is 0 Å². The molecule has 4 heteroatoms. The summed E-state index contributed by atoms with van der Waals surface area (Å²) in [5.74, 6) is -0.231. The summed E-state index contributed by atoms with van der Waals surface area (Å²) in [6.45, 7) is 1.63. The second-order valence-electron chi connectivity index (χ2n) is 4.98. The van der Waals surface area contributed by atoms with Gasteiger partial charge < -0.3 is 5.32 Å². The van der Waals surface area contributed by atoms with E-state index < -0.39 is 0 Å². The molecular formula is C17H17ClFNO. The Morgan fingerprint density at radius 1 is 1.24 bits per heavy atom. The lowest BCUT2D eigenvalue weighted by atomic mass is 10.1. The van der Waals surface area contributed by atoms with Gasteiger partial charge in [0.05, 0.1) is 0 Å². The van der Waals surface area contributed by atoms with Gasteiger partial charge in [0.15, 0.2) is 0 Å². The molecule has 0 bridgehead atoms. The van der Waals surface area contributed by atoms with Crippen LogP contribution in [-0.4, -0.2) is 17.8 Å². The summed E-state index contributed by atoms with van der Waals surface area (Å²) in [6, 6.07) is 14.0. The van der Waals surface area contributed by atoms with Crippen molar-refractivity contribution < 1.29 is 9.18 Å². The number of rotatable bonds is 5. The number of amides is 1. The fourth-order valence-electron chi connectivity index (χ4n) is 2.10. The first-order chi connectivity index (χ1) is 10.1. The van der Waals surface area contributed by atoms with Crippen molar-refractivity contribution in [3.63, 3.8) is 0 Å². The van der Waals surface area contributed by atoms with E-state index in [9.17, 15) is 9.18 Å². The Morgan fingerprint density at radius 3 is 2.57 bits per heavy atom. The minimum atomic E-state index is -0.315. The molecule has 21 heavy (non-hydrogen) atoms. The first-order valence-electron chi connectivity index (χ1n) is 6.77. The van der Waals surface area contributed by atoms with Crippen molar-refractivity contribution >= 4 is 17.5 Å². The highest BCUT2D eigenvalue weighted by atomic mass is 35.5. The Kier molecular flexibility index (Phi) is 5.34. The van der Waals surface area contributed by atoms with E-state index in [0.717, 1.165) is 5.56 Å². The van der Waals surface area contributed by atoms with E-state index in [1.165, 1.54) is 12.1 Å². The molecule has 1 N–H and O–H groups in total. The van der Waals surface area contributed by atoms with Gasteiger partial charge in [-0.1, -0.05) is 30.3 Å². The lowest BCUT2D eigenvalue weighted by molar-refractivity contribution is 0.0940. The van der Waals surface area contributed by atoms with Crippen LogP contribution in [0, 0.1) is 12.7 Å². The monoisotopic (exact) mass is 305 g/mol. The summed E-state index contributed by atoms with van der Waals surface area (Å²) in [5.41, 5.74) is 2.00. The molecule has 0 saturated heterocycles. The van der Waals surface area contributed by atoms with Gasteiger partial charge in [0.25, 0.3) is 5.91 Å². The van der Waals surface area contributed by atoms with Crippen LogP contribution >= 0.6 is 11.6 Å². The largest absolute Gasteiger partial charge is 0.348 e. The third-order valence-corrected chi connectivity index (χ3v) is 3.64. The molecule has 0 radical (unpaired) electrons. The van der Waals surface area contributed by atoms with Crippen LogP contribution in [0.4, 0.5) is 4.39 Å². The lowest BCUT2D eigenvalue weighted by Crippen LogP contribution is -2.37. The molecule has 2 aromatic rings. The van der Waals surface area contributed by atoms with Gasteiger partial charge in [0.1, 0.15) is 5.82 Å². The predicted octanol–water partition coefficient (Wildman–Crippen LogP) is 3.71. The normalized spacial score (nSPS) is 12.0. The van der Waals surface area contributed by atoms with Crippen LogP contribution in [-0.2, 0) is 6.42 Å². The van der Waals surface area contributed by atoms with Crippen molar-refractivity contribution in [2.45, 2.75) is 19.4 Å². The number of hydrogen-bond donors (Lipinski definition) is 1. The molecule has 2 rings (SSSR count). The molecule has 0 aliphatic rings. The van der Waals surface area contributed by atoms with Crippen LogP contribution in [0.15, 0.2) is 48.5 Å². The Morgan fingerprint density at radius 2 is 1.95 bits per heavy atom. The van der Waals surface area contributed by atoms with E-state index in [-0.39, 0.29) is 17.8 Å². The van der Waals surface area contributed by atoms with Crippen molar-refractivity contribution in [3.05, 3.63) is 71.0 Å². The van der Waals surface area contributed by atoms with E-state index in [1.54, 1.807) is 13.0 Å². The second-order valence-corrected chi connectivity index (χ2v) is 5.29. The average molecular weight is 306 g/mol. The number of carbonyl (C=O) groups is 1. The summed E-state index contributed by atoms with van der Waals surface area (Å²) in [7, 11) is 0. The number of carbonyl (C=O) groups excluding carboxylic acids is 1. The highest BCUT2D eigenvalue weighted by Crippen LogP contribution is 2.10. The van der Waals surface area contributed by atoms with Gasteiger partial charge in [-0.15, -0.1) is 11.6 Å². The first kappa shape index (κ1) is 15.5. The quantitative estimate of drug-likeness (QED) is 0.838. The van der Waals surface area contributed by atoms with E-state index >= 15 is 0 Å². The zero-order valence-corrected chi connectivity index (χ0v) is 12.5. The number of nitrogens with one attached hydrogen (secondary N) is 1. The van der Waals surface area contributed by atoms with E-state index in [0.29, 0.717) is 23.4 Å². The zero-order chi connectivity index (χ0) is 15.2. The van der Waals surface area contributed by atoms with Crippen LogP contribution in [0.3, 0.4) is 0 Å². The molecular weight excluding hydrogens is 289 g/mol. The second kappa shape index (κ2) is 7.23. The number of alkyl halides is 1. The third kappa shape index (κ3) is 4.30. The Bertz CT molecular complexity index is 615. The molecule has 2 nitrogen and oxygen atoms in total. The molecule has 0 heterocycles. The standard InChI is InChI=1S/C17H17ClFNO/c1-12-9-14(7-8-16(12)19)17(21)20-15(11-18)10-13-5-3-2-4-6-13/h2-9,15H,10-11H2,1H3,(H,20,21). The Balaban J connectivity index is 2.04. The van der Waals surface area contributed by atoms with E-state index in [4.69, 9.17) is 11.6 Å². The van der Waals surface area contributed by atoms with Crippen LogP contribution in [0.1, 0.15) is 21.5 Å². The van der Waals surface area contributed by atoms with Gasteiger partial charge in [-0.25, -0.2) is 4.39 Å². The maximum Gasteiger partial charge on any atom is 0.251 e. The fraction of sp³-hybridized carbons (Fsp3) is 0.235. The van der Waals surface area contributed by atoms with E-state index in [2.05, 4.69) is 5.32 Å². The molecule has 0 spiro atoms. The molecule has 0 aliphatic carbocycles. The Labute approximate surface area is 128 Å². The summed E-state index contributed by atoms with van der Waals surface area (Å²) >= 11 is 5.93. The lowest BCUT2D eigenvalue weighted by Gasteiger charge is -2.16. The van der Waals surface area contributed by atoms with Gasteiger partial charge in [0.2, 0.25) is 0 Å². The van der Waals surface area contributed by atoms with Crippen molar-refractivity contribution in [1.29, 1.82) is 0 Å². The summed E-state index contributed by atoms with van der Waals surface area (Å²) < 4.78 is 13.2. The number of halogens is 2. The zero-order valence-electron chi connectivity index (χ0n) is 11.8. The number of hydrogen-bond acceptors (Lipinski definition) is 1. The molecule has 1 atom stereocenters. The van der Waals surface area contributed by atoms with Crippen molar-refractivity contribution in [1.82, 2.24) is 5.32 Å². The molecule has 0 aliphatic heterocycles. The van der Waals surface area contributed by atoms with Gasteiger partial charge in [-0.3, -0.25) is 4.79 Å². The molecule has 0 aromatic heterocycles. The minimum Gasteiger partial charge on any atom is -0.348 e. The number of aryl methyl sites for hydroxylation is 1.